The van der Waals surface area contributed by atoms with E-state index >= 15 is 0 Å². The Labute approximate surface area is 117 Å². The van der Waals surface area contributed by atoms with E-state index in [2.05, 4.69) is 0 Å². The quantitative estimate of drug-likeness (QED) is 0.786. The number of carboxylic acids is 1. The van der Waals surface area contributed by atoms with Crippen molar-refractivity contribution < 1.29 is 19.4 Å². The lowest BCUT2D eigenvalue weighted by Crippen LogP contribution is -2.18. The summed E-state index contributed by atoms with van der Waals surface area (Å²) in [4.78, 5) is 24.4. The number of carbonyl (C=O) groups excluding carboxylic acids is 1. The SMILES string of the molecule is CN(C)CCC(=O)OCc1ccc(C#N)cc1C(=O)O. The van der Waals surface area contributed by atoms with E-state index in [9.17, 15) is 9.59 Å². The number of carbonyl (C=O) groups is 2. The Morgan fingerprint density at radius 3 is 2.65 bits per heavy atom. The zero-order valence-electron chi connectivity index (χ0n) is 11.4. The fourth-order valence-corrected chi connectivity index (χ4v) is 1.52. The summed E-state index contributed by atoms with van der Waals surface area (Å²) in [6.45, 7) is 0.456. The summed E-state index contributed by atoms with van der Waals surface area (Å²) in [6, 6.07) is 6.12. The van der Waals surface area contributed by atoms with Gasteiger partial charge in [-0.15, -0.1) is 0 Å². The number of carboxylic acid groups (broad SMARTS) is 1. The van der Waals surface area contributed by atoms with Gasteiger partial charge in [-0.25, -0.2) is 4.79 Å². The minimum absolute atomic E-state index is 0.0236. The zero-order valence-corrected chi connectivity index (χ0v) is 11.4. The number of ether oxygens (including phenoxy) is 1. The predicted molar refractivity (Wildman–Crippen MR) is 71.1 cm³/mol. The molecule has 0 saturated carbocycles. The number of hydrogen-bond acceptors (Lipinski definition) is 5. The van der Waals surface area contributed by atoms with Gasteiger partial charge in [0.15, 0.2) is 0 Å². The number of nitriles is 1. The van der Waals surface area contributed by atoms with Crippen LogP contribution in [-0.4, -0.2) is 42.6 Å². The van der Waals surface area contributed by atoms with Crippen molar-refractivity contribution in [1.82, 2.24) is 4.90 Å². The summed E-state index contributed by atoms with van der Waals surface area (Å²) in [5, 5.41) is 17.8. The van der Waals surface area contributed by atoms with E-state index in [0.29, 0.717) is 12.1 Å². The van der Waals surface area contributed by atoms with Gasteiger partial charge in [-0.1, -0.05) is 6.07 Å². The number of esters is 1. The maximum absolute atomic E-state index is 11.5. The van der Waals surface area contributed by atoms with Crippen molar-refractivity contribution in [3.8, 4) is 6.07 Å². The summed E-state index contributed by atoms with van der Waals surface area (Å²) in [7, 11) is 3.69. The van der Waals surface area contributed by atoms with Crippen LogP contribution >= 0.6 is 0 Å². The lowest BCUT2D eigenvalue weighted by molar-refractivity contribution is -0.145. The second kappa shape index (κ2) is 7.26. The number of hydrogen-bond donors (Lipinski definition) is 1. The van der Waals surface area contributed by atoms with Crippen molar-refractivity contribution in [2.45, 2.75) is 13.0 Å². The summed E-state index contributed by atoms with van der Waals surface area (Å²) in [5.41, 5.74) is 0.601. The molecular weight excluding hydrogens is 260 g/mol. The Balaban J connectivity index is 2.71. The van der Waals surface area contributed by atoms with Crippen LogP contribution in [0.15, 0.2) is 18.2 Å². The van der Waals surface area contributed by atoms with Gasteiger partial charge in [0.2, 0.25) is 0 Å². The molecule has 0 spiro atoms. The van der Waals surface area contributed by atoms with Crippen LogP contribution in [-0.2, 0) is 16.1 Å². The molecule has 0 aliphatic rings. The largest absolute Gasteiger partial charge is 0.478 e. The van der Waals surface area contributed by atoms with Gasteiger partial charge < -0.3 is 14.7 Å². The molecule has 0 unspecified atom stereocenters. The van der Waals surface area contributed by atoms with Crippen molar-refractivity contribution in [2.24, 2.45) is 0 Å². The highest BCUT2D eigenvalue weighted by molar-refractivity contribution is 5.89. The third-order valence-electron chi connectivity index (χ3n) is 2.62. The molecule has 0 radical (unpaired) electrons. The minimum Gasteiger partial charge on any atom is -0.478 e. The molecule has 1 N–H and O–H groups in total. The van der Waals surface area contributed by atoms with Crippen LogP contribution in [0, 0.1) is 11.3 Å². The minimum atomic E-state index is -1.15. The highest BCUT2D eigenvalue weighted by Gasteiger charge is 2.13. The van der Waals surface area contributed by atoms with E-state index in [1.807, 2.05) is 25.1 Å². The molecule has 0 fully saturated rings. The Hall–Kier alpha value is -2.39. The molecule has 20 heavy (non-hydrogen) atoms. The molecule has 0 saturated heterocycles. The van der Waals surface area contributed by atoms with E-state index in [4.69, 9.17) is 15.1 Å². The molecule has 1 rings (SSSR count). The molecule has 0 heterocycles. The molecule has 6 heteroatoms. The van der Waals surface area contributed by atoms with Crippen LogP contribution in [0.25, 0.3) is 0 Å². The zero-order chi connectivity index (χ0) is 15.1. The third kappa shape index (κ3) is 4.71. The molecule has 1 aromatic rings. The lowest BCUT2D eigenvalue weighted by atomic mass is 10.1. The van der Waals surface area contributed by atoms with Crippen molar-refractivity contribution in [2.75, 3.05) is 20.6 Å². The van der Waals surface area contributed by atoms with Gasteiger partial charge in [0.1, 0.15) is 6.61 Å². The van der Waals surface area contributed by atoms with Crippen LogP contribution in [0.5, 0.6) is 0 Å². The van der Waals surface area contributed by atoms with Crippen LogP contribution in [0.1, 0.15) is 27.9 Å². The van der Waals surface area contributed by atoms with Gasteiger partial charge in [-0.05, 0) is 26.2 Å². The fraction of sp³-hybridized carbons (Fsp3) is 0.357. The van der Waals surface area contributed by atoms with Crippen molar-refractivity contribution in [3.05, 3.63) is 34.9 Å². The molecule has 0 aliphatic heterocycles. The van der Waals surface area contributed by atoms with Crippen molar-refractivity contribution in [1.29, 1.82) is 5.26 Å². The van der Waals surface area contributed by atoms with E-state index in [0.717, 1.165) is 0 Å². The maximum atomic E-state index is 11.5. The monoisotopic (exact) mass is 276 g/mol. The van der Waals surface area contributed by atoms with Crippen LogP contribution in [0.2, 0.25) is 0 Å². The van der Waals surface area contributed by atoms with E-state index in [1.54, 1.807) is 0 Å². The second-order valence-corrected chi connectivity index (χ2v) is 4.50. The maximum Gasteiger partial charge on any atom is 0.336 e. The molecule has 106 valence electrons. The van der Waals surface area contributed by atoms with Gasteiger partial charge in [-0.2, -0.15) is 5.26 Å². The van der Waals surface area contributed by atoms with Gasteiger partial charge in [-0.3, -0.25) is 4.79 Å². The summed E-state index contributed by atoms with van der Waals surface area (Å²) in [6.07, 6.45) is 0.242. The van der Waals surface area contributed by atoms with Crippen molar-refractivity contribution in [3.63, 3.8) is 0 Å². The fourth-order valence-electron chi connectivity index (χ4n) is 1.52. The highest BCUT2D eigenvalue weighted by atomic mass is 16.5. The molecule has 1 aromatic carbocycles. The Morgan fingerprint density at radius 1 is 1.40 bits per heavy atom. The molecule has 6 nitrogen and oxygen atoms in total. The molecule has 0 aromatic heterocycles. The molecule has 0 bridgehead atoms. The van der Waals surface area contributed by atoms with Gasteiger partial charge in [0.05, 0.1) is 23.6 Å². The Bertz CT molecular complexity index is 547. The normalized spacial score (nSPS) is 10.1. The average molecular weight is 276 g/mol. The topological polar surface area (TPSA) is 90.6 Å². The summed E-state index contributed by atoms with van der Waals surface area (Å²) < 4.78 is 5.03. The number of nitrogens with zero attached hydrogens (tertiary/aromatic N) is 2. The van der Waals surface area contributed by atoms with E-state index in [-0.39, 0.29) is 30.1 Å². The summed E-state index contributed by atoms with van der Waals surface area (Å²) >= 11 is 0. The van der Waals surface area contributed by atoms with Crippen LogP contribution < -0.4 is 0 Å². The van der Waals surface area contributed by atoms with Crippen molar-refractivity contribution >= 4 is 11.9 Å². The third-order valence-corrected chi connectivity index (χ3v) is 2.62. The number of benzene rings is 1. The van der Waals surface area contributed by atoms with Gasteiger partial charge in [0, 0.05) is 12.1 Å². The van der Waals surface area contributed by atoms with E-state index < -0.39 is 5.97 Å². The van der Waals surface area contributed by atoms with Crippen LogP contribution in [0.4, 0.5) is 0 Å². The first-order valence-corrected chi connectivity index (χ1v) is 6.00. The Morgan fingerprint density at radius 2 is 2.10 bits per heavy atom. The van der Waals surface area contributed by atoms with Crippen LogP contribution in [0.3, 0.4) is 0 Å². The van der Waals surface area contributed by atoms with Gasteiger partial charge in [0.25, 0.3) is 0 Å². The van der Waals surface area contributed by atoms with E-state index in [1.165, 1.54) is 18.2 Å². The molecular formula is C14H16N2O4. The first-order chi connectivity index (χ1) is 9.43. The number of aromatic carboxylic acids is 1. The first kappa shape index (κ1) is 15.7. The standard InChI is InChI=1S/C14H16N2O4/c1-16(2)6-5-13(17)20-9-11-4-3-10(8-15)7-12(11)14(18)19/h3-4,7H,5-6,9H2,1-2H3,(H,18,19). The molecule has 0 aliphatic carbocycles. The smallest absolute Gasteiger partial charge is 0.336 e. The second-order valence-electron chi connectivity index (χ2n) is 4.50. The highest BCUT2D eigenvalue weighted by Crippen LogP contribution is 2.13. The lowest BCUT2D eigenvalue weighted by Gasteiger charge is -2.10. The first-order valence-electron chi connectivity index (χ1n) is 6.00. The average Bonchev–Trinajstić information content (AvgIpc) is 2.42. The molecule has 0 amide bonds. The molecule has 0 atom stereocenters. The van der Waals surface area contributed by atoms with Gasteiger partial charge >= 0.3 is 11.9 Å². The number of rotatable bonds is 6. The predicted octanol–water partition coefficient (Wildman–Crippen LogP) is 1.25. The Kier molecular flexibility index (Phi) is 5.69. The summed E-state index contributed by atoms with van der Waals surface area (Å²) in [5.74, 6) is -1.54.